The summed E-state index contributed by atoms with van der Waals surface area (Å²) in [5, 5.41) is 10.6. The van der Waals surface area contributed by atoms with Crippen LogP contribution in [0.4, 0.5) is 0 Å². The van der Waals surface area contributed by atoms with Crippen LogP contribution in [0.5, 0.6) is 0 Å². The molecule has 0 saturated heterocycles. The maximum atomic E-state index is 13.1. The molecule has 594 valence electrons. The van der Waals surface area contributed by atoms with E-state index in [2.05, 4.69) is 55.4 Å². The van der Waals surface area contributed by atoms with Crippen molar-refractivity contribution in [1.29, 1.82) is 0 Å². The lowest BCUT2D eigenvalue weighted by Crippen LogP contribution is -2.30. The number of carbonyl (C=O) groups is 4. The van der Waals surface area contributed by atoms with Crippen LogP contribution in [0, 0.1) is 23.7 Å². The highest BCUT2D eigenvalue weighted by atomic mass is 31.2. The fourth-order valence-electron chi connectivity index (χ4n) is 12.4. The third-order valence-electron chi connectivity index (χ3n) is 19.2. The monoisotopic (exact) mass is 1470 g/mol. The Morgan fingerprint density at radius 3 is 0.710 bits per heavy atom. The zero-order valence-electron chi connectivity index (χ0n) is 65.8. The summed E-state index contributed by atoms with van der Waals surface area (Å²) in [7, 11) is -9.92. The average molecular weight is 1470 g/mol. The van der Waals surface area contributed by atoms with Gasteiger partial charge in [-0.25, -0.2) is 9.13 Å². The predicted octanol–water partition coefficient (Wildman–Crippen LogP) is 24.0. The lowest BCUT2D eigenvalue weighted by atomic mass is 10.00. The summed E-state index contributed by atoms with van der Waals surface area (Å²) in [4.78, 5) is 72.9. The summed E-state index contributed by atoms with van der Waals surface area (Å²) in [6, 6.07) is 0. The van der Waals surface area contributed by atoms with Crippen LogP contribution in [-0.2, 0) is 65.4 Å². The maximum absolute atomic E-state index is 13.1. The number of esters is 4. The molecule has 0 bridgehead atoms. The van der Waals surface area contributed by atoms with Crippen LogP contribution >= 0.6 is 15.6 Å². The predicted molar refractivity (Wildman–Crippen MR) is 409 cm³/mol. The highest BCUT2D eigenvalue weighted by Crippen LogP contribution is 2.45. The van der Waals surface area contributed by atoms with Crippen LogP contribution < -0.4 is 0 Å². The molecule has 0 heterocycles. The van der Waals surface area contributed by atoms with Gasteiger partial charge in [-0.1, -0.05) is 364 Å². The third-order valence-corrected chi connectivity index (χ3v) is 21.1. The molecule has 0 aliphatic rings. The van der Waals surface area contributed by atoms with Crippen molar-refractivity contribution in [3.63, 3.8) is 0 Å². The van der Waals surface area contributed by atoms with E-state index >= 15 is 0 Å². The van der Waals surface area contributed by atoms with Crippen molar-refractivity contribution in [2.24, 2.45) is 23.7 Å². The standard InChI is InChI=1S/C81H158O17P2/c1-9-74(8)60-52-44-39-40-46-54-62-79(84)92-68-77(98-81(86)64-56-48-37-31-27-23-19-15-14-17-21-25-29-34-42-50-58-72(4)5)70-96-100(89,90)94-66-75(82)65-93-99(87,88)95-69-76(67-91-78(83)61-53-45-38-32-35-43-51-59-73(6)7)97-80(85)63-55-47-36-30-26-22-18-13-11-10-12-16-20-24-28-33-41-49-57-71(2)3/h71-77,82H,9-70H2,1-8H3,(H,87,88)(H,89,90)/t74?,75-,76-,77-/m1/s1. The van der Waals surface area contributed by atoms with Crippen molar-refractivity contribution in [2.75, 3.05) is 39.6 Å². The Morgan fingerprint density at radius 1 is 0.280 bits per heavy atom. The van der Waals surface area contributed by atoms with E-state index in [1.54, 1.807) is 0 Å². The SMILES string of the molecule is CCC(C)CCCCCCCCC(=O)OC[C@H](COP(=O)(O)OC[C@H](O)COP(=O)(O)OC[C@@H](COC(=O)CCCCCCCCCC(C)C)OC(=O)CCCCCCCCCCCCCCCCCCCCC(C)C)OC(=O)CCCCCCCCCCCCCCCCCCC(C)C. The molecule has 17 nitrogen and oxygen atoms in total. The number of unbranched alkanes of at least 4 members (excludes halogenated alkanes) is 43. The van der Waals surface area contributed by atoms with Crippen LogP contribution in [0.1, 0.15) is 415 Å². The summed E-state index contributed by atoms with van der Waals surface area (Å²) in [5.74, 6) is 0.948. The number of ether oxygens (including phenoxy) is 4. The summed E-state index contributed by atoms with van der Waals surface area (Å²) in [5.41, 5.74) is 0. The Balaban J connectivity index is 5.16. The van der Waals surface area contributed by atoms with Crippen molar-refractivity contribution in [3.8, 4) is 0 Å². The number of hydrogen-bond donors (Lipinski definition) is 3. The van der Waals surface area contributed by atoms with Gasteiger partial charge < -0.3 is 33.8 Å². The van der Waals surface area contributed by atoms with E-state index < -0.39 is 97.5 Å². The van der Waals surface area contributed by atoms with Gasteiger partial charge in [0.25, 0.3) is 0 Å². The van der Waals surface area contributed by atoms with Gasteiger partial charge in [-0.2, -0.15) is 0 Å². The molecule has 0 aromatic carbocycles. The Morgan fingerprint density at radius 2 is 0.480 bits per heavy atom. The molecule has 0 amide bonds. The fraction of sp³-hybridized carbons (Fsp3) is 0.951. The largest absolute Gasteiger partial charge is 0.472 e. The zero-order chi connectivity index (χ0) is 73.8. The lowest BCUT2D eigenvalue weighted by molar-refractivity contribution is -0.161. The minimum absolute atomic E-state index is 0.107. The number of phosphoric acid groups is 2. The van der Waals surface area contributed by atoms with Crippen LogP contribution in [-0.4, -0.2) is 96.7 Å². The minimum Gasteiger partial charge on any atom is -0.462 e. The molecule has 19 heteroatoms. The van der Waals surface area contributed by atoms with Crippen LogP contribution in [0.3, 0.4) is 0 Å². The topological polar surface area (TPSA) is 237 Å². The smallest absolute Gasteiger partial charge is 0.462 e. The second kappa shape index (κ2) is 70.1. The van der Waals surface area contributed by atoms with E-state index in [0.717, 1.165) is 120 Å². The number of carbonyl (C=O) groups excluding carboxylic acids is 4. The highest BCUT2D eigenvalue weighted by molar-refractivity contribution is 7.47. The van der Waals surface area contributed by atoms with Crippen molar-refractivity contribution in [1.82, 2.24) is 0 Å². The number of aliphatic hydroxyl groups excluding tert-OH is 1. The second-order valence-electron chi connectivity index (χ2n) is 30.8. The highest BCUT2D eigenvalue weighted by Gasteiger charge is 2.30. The van der Waals surface area contributed by atoms with Crippen molar-refractivity contribution in [3.05, 3.63) is 0 Å². The van der Waals surface area contributed by atoms with Crippen molar-refractivity contribution >= 4 is 39.5 Å². The Bertz CT molecular complexity index is 1960. The maximum Gasteiger partial charge on any atom is 0.472 e. The van der Waals surface area contributed by atoms with E-state index in [-0.39, 0.29) is 25.7 Å². The Hall–Kier alpha value is -1.94. The third kappa shape index (κ3) is 73.0. The molecule has 0 aromatic rings. The van der Waals surface area contributed by atoms with Crippen LogP contribution in [0.15, 0.2) is 0 Å². The van der Waals surface area contributed by atoms with E-state index in [1.165, 1.54) is 205 Å². The van der Waals surface area contributed by atoms with Gasteiger partial charge in [-0.3, -0.25) is 37.3 Å². The van der Waals surface area contributed by atoms with Crippen molar-refractivity contribution < 1.29 is 80.2 Å². The second-order valence-corrected chi connectivity index (χ2v) is 33.7. The number of rotatable bonds is 78. The molecule has 0 aliphatic carbocycles. The van der Waals surface area contributed by atoms with Gasteiger partial charge in [0.1, 0.15) is 19.3 Å². The van der Waals surface area contributed by atoms with Crippen molar-refractivity contribution in [2.45, 2.75) is 433 Å². The normalized spacial score (nSPS) is 14.3. The summed E-state index contributed by atoms with van der Waals surface area (Å²) in [6.45, 7) is 14.2. The molecule has 100 heavy (non-hydrogen) atoms. The zero-order valence-corrected chi connectivity index (χ0v) is 67.6. The van der Waals surface area contributed by atoms with Gasteiger partial charge in [0.2, 0.25) is 0 Å². The van der Waals surface area contributed by atoms with E-state index in [9.17, 15) is 43.2 Å². The number of phosphoric ester groups is 2. The Labute approximate surface area is 613 Å². The summed E-state index contributed by atoms with van der Waals surface area (Å²) >= 11 is 0. The summed E-state index contributed by atoms with van der Waals surface area (Å²) < 4.78 is 68.6. The van der Waals surface area contributed by atoms with Gasteiger partial charge >= 0.3 is 39.5 Å². The molecular weight excluding hydrogens is 1310 g/mol. The molecule has 6 atom stereocenters. The lowest BCUT2D eigenvalue weighted by Gasteiger charge is -2.21. The molecule has 0 aromatic heterocycles. The van der Waals surface area contributed by atoms with Gasteiger partial charge in [-0.15, -0.1) is 0 Å². The van der Waals surface area contributed by atoms with Crippen LogP contribution in [0.2, 0.25) is 0 Å². The molecule has 0 aliphatic heterocycles. The first-order valence-electron chi connectivity index (χ1n) is 41.7. The van der Waals surface area contributed by atoms with Crippen LogP contribution in [0.25, 0.3) is 0 Å². The number of aliphatic hydroxyl groups is 1. The summed E-state index contributed by atoms with van der Waals surface area (Å²) in [6.07, 6.45) is 57.2. The molecule has 0 fully saturated rings. The first kappa shape index (κ1) is 98.1. The molecular formula is C81H158O17P2. The quantitative estimate of drug-likeness (QED) is 0.0222. The number of hydrogen-bond acceptors (Lipinski definition) is 15. The van der Waals surface area contributed by atoms with Gasteiger partial charge in [0.05, 0.1) is 26.4 Å². The average Bonchev–Trinajstić information content (AvgIpc) is 0.946. The van der Waals surface area contributed by atoms with Gasteiger partial charge in [0, 0.05) is 25.7 Å². The van der Waals surface area contributed by atoms with Gasteiger partial charge in [0.15, 0.2) is 12.2 Å². The molecule has 0 radical (unpaired) electrons. The molecule has 0 rings (SSSR count). The fourth-order valence-corrected chi connectivity index (χ4v) is 14.0. The molecule has 0 spiro atoms. The Kier molecular flexibility index (Phi) is 68.7. The van der Waals surface area contributed by atoms with E-state index in [0.29, 0.717) is 31.6 Å². The first-order chi connectivity index (χ1) is 48.1. The molecule has 0 saturated carbocycles. The first-order valence-corrected chi connectivity index (χ1v) is 44.7. The van der Waals surface area contributed by atoms with Gasteiger partial charge in [-0.05, 0) is 49.4 Å². The molecule has 3 N–H and O–H groups in total. The van der Waals surface area contributed by atoms with E-state index in [1.807, 2.05) is 0 Å². The van der Waals surface area contributed by atoms with E-state index in [4.69, 9.17) is 37.0 Å². The molecule has 3 unspecified atom stereocenters. The minimum atomic E-state index is -4.96.